The lowest BCUT2D eigenvalue weighted by Gasteiger charge is -2.13. The highest BCUT2D eigenvalue weighted by molar-refractivity contribution is 5.90. The number of nitrogens with one attached hydrogen (secondary N) is 2. The van der Waals surface area contributed by atoms with Gasteiger partial charge in [-0.25, -0.2) is 19.6 Å². The number of carbonyl (C=O) groups is 3. The standard InChI is InChI=1S/C10H12N4O5/c15-7(16)3-2-6(8(17)18)13-10(19)14-9-11-4-1-5-12-9/h1,4-6H,2-3H2,(H,15,16)(H,17,18)(H2,11,12,13,14,19)/t6-/m0/s1. The van der Waals surface area contributed by atoms with Gasteiger partial charge in [-0.05, 0) is 12.5 Å². The number of carboxylic acid groups (broad SMARTS) is 2. The third kappa shape index (κ3) is 5.44. The Kier molecular flexibility index (Phi) is 5.20. The van der Waals surface area contributed by atoms with Crippen LogP contribution in [0.4, 0.5) is 10.7 Å². The second-order valence-electron chi connectivity index (χ2n) is 3.49. The number of amides is 2. The summed E-state index contributed by atoms with van der Waals surface area (Å²) in [6.07, 6.45) is 2.23. The topological polar surface area (TPSA) is 142 Å². The number of urea groups is 1. The molecule has 1 atom stereocenters. The molecular weight excluding hydrogens is 256 g/mol. The van der Waals surface area contributed by atoms with Crippen molar-refractivity contribution in [1.29, 1.82) is 0 Å². The van der Waals surface area contributed by atoms with E-state index >= 15 is 0 Å². The van der Waals surface area contributed by atoms with Crippen molar-refractivity contribution in [2.45, 2.75) is 18.9 Å². The third-order valence-electron chi connectivity index (χ3n) is 2.04. The molecule has 0 spiro atoms. The molecule has 19 heavy (non-hydrogen) atoms. The maximum absolute atomic E-state index is 11.5. The molecule has 9 heteroatoms. The van der Waals surface area contributed by atoms with Crippen LogP contribution in [-0.4, -0.2) is 44.2 Å². The van der Waals surface area contributed by atoms with E-state index in [0.29, 0.717) is 0 Å². The summed E-state index contributed by atoms with van der Waals surface area (Å²) in [4.78, 5) is 40.1. The van der Waals surface area contributed by atoms with Crippen molar-refractivity contribution < 1.29 is 24.6 Å². The summed E-state index contributed by atoms with van der Waals surface area (Å²) in [5.74, 6) is -2.44. The minimum atomic E-state index is -1.31. The van der Waals surface area contributed by atoms with Crippen molar-refractivity contribution >= 4 is 23.9 Å². The van der Waals surface area contributed by atoms with E-state index in [2.05, 4.69) is 20.6 Å². The number of carboxylic acids is 2. The van der Waals surface area contributed by atoms with E-state index in [1.165, 1.54) is 12.4 Å². The quantitative estimate of drug-likeness (QED) is 0.565. The van der Waals surface area contributed by atoms with Gasteiger partial charge in [-0.15, -0.1) is 0 Å². The minimum absolute atomic E-state index is 0.0161. The zero-order chi connectivity index (χ0) is 14.3. The van der Waals surface area contributed by atoms with Crippen LogP contribution in [0.25, 0.3) is 0 Å². The molecular formula is C10H12N4O5. The smallest absolute Gasteiger partial charge is 0.326 e. The highest BCUT2D eigenvalue weighted by Crippen LogP contribution is 2.00. The summed E-state index contributed by atoms with van der Waals surface area (Å²) in [6, 6.07) is -0.556. The van der Waals surface area contributed by atoms with Crippen LogP contribution >= 0.6 is 0 Å². The molecule has 0 aliphatic rings. The first-order chi connectivity index (χ1) is 8.99. The predicted octanol–water partition coefficient (Wildman–Crippen LogP) is -0.0839. The Hall–Kier alpha value is -2.71. The fourth-order valence-corrected chi connectivity index (χ4v) is 1.18. The van der Waals surface area contributed by atoms with Crippen LogP contribution in [0.3, 0.4) is 0 Å². The number of anilines is 1. The van der Waals surface area contributed by atoms with E-state index in [1.807, 2.05) is 0 Å². The molecule has 0 aliphatic heterocycles. The molecule has 1 rings (SSSR count). The lowest BCUT2D eigenvalue weighted by Crippen LogP contribution is -2.43. The number of nitrogens with zero attached hydrogens (tertiary/aromatic N) is 2. The maximum atomic E-state index is 11.5. The molecule has 1 aromatic heterocycles. The fourth-order valence-electron chi connectivity index (χ4n) is 1.18. The Balaban J connectivity index is 2.52. The number of aromatic nitrogens is 2. The monoisotopic (exact) mass is 268 g/mol. The van der Waals surface area contributed by atoms with E-state index in [4.69, 9.17) is 10.2 Å². The van der Waals surface area contributed by atoms with Gasteiger partial charge in [0, 0.05) is 18.8 Å². The Morgan fingerprint density at radius 2 is 1.84 bits per heavy atom. The van der Waals surface area contributed by atoms with Crippen LogP contribution < -0.4 is 10.6 Å². The molecule has 0 aromatic carbocycles. The zero-order valence-electron chi connectivity index (χ0n) is 9.74. The van der Waals surface area contributed by atoms with Crippen LogP contribution in [0.5, 0.6) is 0 Å². The highest BCUT2D eigenvalue weighted by Gasteiger charge is 2.21. The summed E-state index contributed by atoms with van der Waals surface area (Å²) in [7, 11) is 0. The Labute approximate surface area is 107 Å². The van der Waals surface area contributed by atoms with Gasteiger partial charge in [-0.2, -0.15) is 0 Å². The normalized spacial score (nSPS) is 11.4. The highest BCUT2D eigenvalue weighted by atomic mass is 16.4. The number of aliphatic carboxylic acids is 2. The van der Waals surface area contributed by atoms with Crippen molar-refractivity contribution in [3.8, 4) is 0 Å². The van der Waals surface area contributed by atoms with Gasteiger partial charge in [0.2, 0.25) is 5.95 Å². The molecule has 102 valence electrons. The summed E-state index contributed by atoms with van der Waals surface area (Å²) in [5, 5.41) is 21.7. The third-order valence-corrected chi connectivity index (χ3v) is 2.04. The lowest BCUT2D eigenvalue weighted by molar-refractivity contribution is -0.140. The molecule has 1 aromatic rings. The number of carbonyl (C=O) groups excluding carboxylic acids is 1. The number of hydrogen-bond acceptors (Lipinski definition) is 5. The molecule has 4 N–H and O–H groups in total. The van der Waals surface area contributed by atoms with Crippen molar-refractivity contribution in [3.05, 3.63) is 18.5 Å². The van der Waals surface area contributed by atoms with Crippen molar-refractivity contribution in [1.82, 2.24) is 15.3 Å². The Morgan fingerprint density at radius 1 is 1.21 bits per heavy atom. The summed E-state index contributed by atoms with van der Waals surface area (Å²) >= 11 is 0. The van der Waals surface area contributed by atoms with E-state index < -0.39 is 24.0 Å². The van der Waals surface area contributed by atoms with Crippen LogP contribution in [0.15, 0.2) is 18.5 Å². The SMILES string of the molecule is O=C(O)CC[C@H](NC(=O)Nc1ncccn1)C(=O)O. The average molecular weight is 268 g/mol. The Bertz CT molecular complexity index is 464. The van der Waals surface area contributed by atoms with E-state index in [0.717, 1.165) is 0 Å². The van der Waals surface area contributed by atoms with E-state index in [-0.39, 0.29) is 18.8 Å². The van der Waals surface area contributed by atoms with Crippen LogP contribution in [0.1, 0.15) is 12.8 Å². The summed E-state index contributed by atoms with van der Waals surface area (Å²) in [5.41, 5.74) is 0. The molecule has 0 saturated carbocycles. The van der Waals surface area contributed by atoms with Gasteiger partial charge in [-0.1, -0.05) is 0 Å². The van der Waals surface area contributed by atoms with Gasteiger partial charge >= 0.3 is 18.0 Å². The first-order valence-electron chi connectivity index (χ1n) is 5.28. The van der Waals surface area contributed by atoms with Crippen LogP contribution in [-0.2, 0) is 9.59 Å². The number of hydrogen-bond donors (Lipinski definition) is 4. The second kappa shape index (κ2) is 6.89. The molecule has 0 unspecified atom stereocenters. The van der Waals surface area contributed by atoms with Crippen molar-refractivity contribution in [3.63, 3.8) is 0 Å². The molecule has 9 nitrogen and oxygen atoms in total. The van der Waals surface area contributed by atoms with Gasteiger partial charge in [0.05, 0.1) is 0 Å². The molecule has 0 radical (unpaired) electrons. The van der Waals surface area contributed by atoms with Crippen molar-refractivity contribution in [2.24, 2.45) is 0 Å². The van der Waals surface area contributed by atoms with E-state index in [9.17, 15) is 14.4 Å². The molecule has 0 aliphatic carbocycles. The first kappa shape index (κ1) is 14.4. The van der Waals surface area contributed by atoms with Gasteiger partial charge in [0.15, 0.2) is 0 Å². The van der Waals surface area contributed by atoms with Crippen molar-refractivity contribution in [2.75, 3.05) is 5.32 Å². The number of rotatable bonds is 6. The Morgan fingerprint density at radius 3 is 2.37 bits per heavy atom. The summed E-state index contributed by atoms with van der Waals surface area (Å²) in [6.45, 7) is 0. The second-order valence-corrected chi connectivity index (χ2v) is 3.49. The molecule has 0 saturated heterocycles. The molecule has 0 bridgehead atoms. The van der Waals surface area contributed by atoms with Crippen LogP contribution in [0.2, 0.25) is 0 Å². The predicted molar refractivity (Wildman–Crippen MR) is 62.5 cm³/mol. The van der Waals surface area contributed by atoms with Crippen LogP contribution in [0, 0.1) is 0 Å². The van der Waals surface area contributed by atoms with E-state index in [1.54, 1.807) is 6.07 Å². The average Bonchev–Trinajstić information content (AvgIpc) is 2.35. The zero-order valence-corrected chi connectivity index (χ0v) is 9.74. The molecule has 0 fully saturated rings. The first-order valence-corrected chi connectivity index (χ1v) is 5.28. The van der Waals surface area contributed by atoms with Gasteiger partial charge in [0.25, 0.3) is 0 Å². The lowest BCUT2D eigenvalue weighted by atomic mass is 10.1. The maximum Gasteiger partial charge on any atom is 0.326 e. The van der Waals surface area contributed by atoms with Gasteiger partial charge < -0.3 is 15.5 Å². The molecule has 1 heterocycles. The van der Waals surface area contributed by atoms with Gasteiger partial charge in [0.1, 0.15) is 6.04 Å². The van der Waals surface area contributed by atoms with Gasteiger partial charge in [-0.3, -0.25) is 10.1 Å². The summed E-state index contributed by atoms with van der Waals surface area (Å²) < 4.78 is 0. The largest absolute Gasteiger partial charge is 0.481 e. The minimum Gasteiger partial charge on any atom is -0.481 e. The molecule has 2 amide bonds. The fraction of sp³-hybridized carbons (Fsp3) is 0.300.